The maximum Gasteiger partial charge on any atom is 0.246 e. The zero-order valence-electron chi connectivity index (χ0n) is 15.9. The van der Waals surface area contributed by atoms with Crippen molar-refractivity contribution in [1.82, 2.24) is 30.1 Å². The number of aryl methyl sites for hydroxylation is 1. The van der Waals surface area contributed by atoms with E-state index in [2.05, 4.69) is 20.4 Å². The SMILES string of the molecule is Cc1ccccc1-c1nnn(CC(=O)N(C)[C@@H](C)c2nc3ccccc3s2)n1. The highest BCUT2D eigenvalue weighted by Crippen LogP contribution is 2.28. The molecule has 0 aliphatic rings. The molecule has 2 aromatic carbocycles. The summed E-state index contributed by atoms with van der Waals surface area (Å²) in [5.41, 5.74) is 2.93. The van der Waals surface area contributed by atoms with Crippen LogP contribution in [0.25, 0.3) is 21.6 Å². The van der Waals surface area contributed by atoms with Gasteiger partial charge in [0.05, 0.1) is 16.3 Å². The molecule has 7 nitrogen and oxygen atoms in total. The molecule has 4 aromatic rings. The molecule has 0 saturated heterocycles. The lowest BCUT2D eigenvalue weighted by Gasteiger charge is -2.22. The summed E-state index contributed by atoms with van der Waals surface area (Å²) < 4.78 is 1.12. The van der Waals surface area contributed by atoms with Crippen molar-refractivity contribution in [2.24, 2.45) is 0 Å². The second-order valence-electron chi connectivity index (χ2n) is 6.66. The molecule has 1 atom stereocenters. The van der Waals surface area contributed by atoms with Gasteiger partial charge in [-0.15, -0.1) is 21.5 Å². The second kappa shape index (κ2) is 7.47. The van der Waals surface area contributed by atoms with Crippen LogP contribution in [0.2, 0.25) is 0 Å². The van der Waals surface area contributed by atoms with Crippen molar-refractivity contribution in [3.63, 3.8) is 0 Å². The Morgan fingerprint density at radius 2 is 1.93 bits per heavy atom. The molecule has 1 amide bonds. The van der Waals surface area contributed by atoms with E-state index in [1.54, 1.807) is 23.3 Å². The third-order valence-electron chi connectivity index (χ3n) is 4.76. The standard InChI is InChI=1S/C20H20N6OS/c1-13-8-4-5-9-15(13)19-22-24-26(23-19)12-18(27)25(3)14(2)20-21-16-10-6-7-11-17(16)28-20/h4-11,14H,12H2,1-3H3/t14-/m0/s1. The van der Waals surface area contributed by atoms with Crippen molar-refractivity contribution in [2.75, 3.05) is 7.05 Å². The topological polar surface area (TPSA) is 76.8 Å². The molecule has 0 unspecified atom stereocenters. The number of thiazole rings is 1. The van der Waals surface area contributed by atoms with Gasteiger partial charge < -0.3 is 4.90 Å². The lowest BCUT2D eigenvalue weighted by atomic mass is 10.1. The minimum atomic E-state index is -0.135. The first-order chi connectivity index (χ1) is 13.5. The predicted molar refractivity (Wildman–Crippen MR) is 109 cm³/mol. The Kier molecular flexibility index (Phi) is 4.87. The molecule has 0 N–H and O–H groups in total. The number of para-hydroxylation sites is 1. The summed E-state index contributed by atoms with van der Waals surface area (Å²) in [4.78, 5) is 20.4. The lowest BCUT2D eigenvalue weighted by molar-refractivity contribution is -0.132. The first kappa shape index (κ1) is 18.2. The minimum Gasteiger partial charge on any atom is -0.335 e. The smallest absolute Gasteiger partial charge is 0.246 e. The molecule has 0 aliphatic carbocycles. The Bertz CT molecular complexity index is 1100. The Hall–Kier alpha value is -3.13. The van der Waals surface area contributed by atoms with Crippen molar-refractivity contribution in [3.05, 3.63) is 59.1 Å². The van der Waals surface area contributed by atoms with Crippen LogP contribution in [0.3, 0.4) is 0 Å². The Labute approximate surface area is 166 Å². The first-order valence-corrected chi connectivity index (χ1v) is 9.79. The van der Waals surface area contributed by atoms with Crippen LogP contribution in [0.4, 0.5) is 0 Å². The second-order valence-corrected chi connectivity index (χ2v) is 7.72. The summed E-state index contributed by atoms with van der Waals surface area (Å²) in [6, 6.07) is 15.7. The van der Waals surface area contributed by atoms with Gasteiger partial charge in [0.1, 0.15) is 11.6 Å². The van der Waals surface area contributed by atoms with E-state index >= 15 is 0 Å². The lowest BCUT2D eigenvalue weighted by Crippen LogP contribution is -2.33. The molecule has 8 heteroatoms. The minimum absolute atomic E-state index is 0.0324. The predicted octanol–water partition coefficient (Wildman–Crippen LogP) is 3.48. The van der Waals surface area contributed by atoms with Crippen LogP contribution in [0.15, 0.2) is 48.5 Å². The molecule has 0 bridgehead atoms. The highest BCUT2D eigenvalue weighted by Gasteiger charge is 2.22. The van der Waals surface area contributed by atoms with Gasteiger partial charge in [-0.2, -0.15) is 4.80 Å². The number of carbonyl (C=O) groups excluding carboxylic acids is 1. The molecule has 2 aromatic heterocycles. The van der Waals surface area contributed by atoms with Gasteiger partial charge in [0, 0.05) is 12.6 Å². The van der Waals surface area contributed by atoms with Crippen LogP contribution >= 0.6 is 11.3 Å². The van der Waals surface area contributed by atoms with E-state index in [-0.39, 0.29) is 18.5 Å². The Morgan fingerprint density at radius 1 is 1.18 bits per heavy atom. The molecule has 28 heavy (non-hydrogen) atoms. The van der Waals surface area contributed by atoms with Crippen LogP contribution in [-0.2, 0) is 11.3 Å². The third kappa shape index (κ3) is 3.50. The van der Waals surface area contributed by atoms with Gasteiger partial charge in [0.15, 0.2) is 0 Å². The van der Waals surface area contributed by atoms with Crippen molar-refractivity contribution in [2.45, 2.75) is 26.4 Å². The van der Waals surface area contributed by atoms with Gasteiger partial charge in [-0.25, -0.2) is 4.98 Å². The number of rotatable bonds is 5. The number of likely N-dealkylation sites (N-methyl/N-ethyl adjacent to an activating group) is 1. The fraction of sp³-hybridized carbons (Fsp3) is 0.250. The van der Waals surface area contributed by atoms with E-state index in [0.717, 1.165) is 26.4 Å². The molecule has 0 fully saturated rings. The van der Waals surface area contributed by atoms with Crippen molar-refractivity contribution >= 4 is 27.5 Å². The Morgan fingerprint density at radius 3 is 2.71 bits per heavy atom. The molecule has 4 rings (SSSR count). The van der Waals surface area contributed by atoms with Gasteiger partial charge in [-0.05, 0) is 36.8 Å². The van der Waals surface area contributed by atoms with Crippen LogP contribution < -0.4 is 0 Å². The molecular weight excluding hydrogens is 372 g/mol. The van der Waals surface area contributed by atoms with E-state index in [1.807, 2.05) is 62.4 Å². The maximum atomic E-state index is 12.7. The van der Waals surface area contributed by atoms with E-state index in [0.29, 0.717) is 5.82 Å². The number of nitrogens with zero attached hydrogens (tertiary/aromatic N) is 6. The zero-order chi connectivity index (χ0) is 19.7. The van der Waals surface area contributed by atoms with Gasteiger partial charge in [0.2, 0.25) is 11.7 Å². The maximum absolute atomic E-state index is 12.7. The first-order valence-electron chi connectivity index (χ1n) is 8.98. The number of carbonyl (C=O) groups is 1. The van der Waals surface area contributed by atoms with E-state index in [9.17, 15) is 4.79 Å². The van der Waals surface area contributed by atoms with E-state index < -0.39 is 0 Å². The number of hydrogen-bond acceptors (Lipinski definition) is 6. The fourth-order valence-electron chi connectivity index (χ4n) is 2.92. The van der Waals surface area contributed by atoms with Crippen molar-refractivity contribution in [1.29, 1.82) is 0 Å². The van der Waals surface area contributed by atoms with Gasteiger partial charge in [0.25, 0.3) is 0 Å². The molecular formula is C20H20N6OS. The van der Waals surface area contributed by atoms with Gasteiger partial charge >= 0.3 is 0 Å². The largest absolute Gasteiger partial charge is 0.335 e. The average Bonchev–Trinajstić information content (AvgIpc) is 3.34. The molecule has 0 radical (unpaired) electrons. The average molecular weight is 392 g/mol. The third-order valence-corrected chi connectivity index (χ3v) is 5.96. The fourth-order valence-corrected chi connectivity index (χ4v) is 3.99. The number of amides is 1. The van der Waals surface area contributed by atoms with Gasteiger partial charge in [-0.1, -0.05) is 36.4 Å². The number of tetrazole rings is 1. The Balaban J connectivity index is 1.48. The van der Waals surface area contributed by atoms with Crippen LogP contribution in [0, 0.1) is 6.92 Å². The molecule has 142 valence electrons. The summed E-state index contributed by atoms with van der Waals surface area (Å²) in [7, 11) is 1.78. The van der Waals surface area contributed by atoms with Crippen LogP contribution in [0.5, 0.6) is 0 Å². The van der Waals surface area contributed by atoms with Gasteiger partial charge in [-0.3, -0.25) is 4.79 Å². The zero-order valence-corrected chi connectivity index (χ0v) is 16.7. The quantitative estimate of drug-likeness (QED) is 0.520. The molecule has 0 spiro atoms. The van der Waals surface area contributed by atoms with E-state index in [1.165, 1.54) is 4.80 Å². The van der Waals surface area contributed by atoms with Crippen molar-refractivity contribution in [3.8, 4) is 11.4 Å². The van der Waals surface area contributed by atoms with E-state index in [4.69, 9.17) is 0 Å². The molecule has 2 heterocycles. The summed E-state index contributed by atoms with van der Waals surface area (Å²) in [6.07, 6.45) is 0. The summed E-state index contributed by atoms with van der Waals surface area (Å²) in [5.74, 6) is 0.424. The summed E-state index contributed by atoms with van der Waals surface area (Å²) in [5, 5.41) is 13.4. The van der Waals surface area contributed by atoms with Crippen LogP contribution in [-0.4, -0.2) is 43.0 Å². The summed E-state index contributed by atoms with van der Waals surface area (Å²) >= 11 is 1.61. The summed E-state index contributed by atoms with van der Waals surface area (Å²) in [6.45, 7) is 4.00. The number of benzene rings is 2. The highest BCUT2D eigenvalue weighted by molar-refractivity contribution is 7.18. The number of fused-ring (bicyclic) bond motifs is 1. The monoisotopic (exact) mass is 392 g/mol. The van der Waals surface area contributed by atoms with Crippen LogP contribution in [0.1, 0.15) is 23.5 Å². The number of aromatic nitrogens is 5. The highest BCUT2D eigenvalue weighted by atomic mass is 32.1. The number of hydrogen-bond donors (Lipinski definition) is 0. The molecule has 0 aliphatic heterocycles. The normalized spacial score (nSPS) is 12.2. The molecule has 0 saturated carbocycles. The van der Waals surface area contributed by atoms with Crippen molar-refractivity contribution < 1.29 is 4.79 Å².